The van der Waals surface area contributed by atoms with Crippen molar-refractivity contribution in [3.8, 4) is 0 Å². The van der Waals surface area contributed by atoms with Crippen LogP contribution in [0.4, 0.5) is 0 Å². The first-order valence-corrected chi connectivity index (χ1v) is 6.21. The molecular weight excluding hydrogens is 200 g/mol. The second-order valence-electron chi connectivity index (χ2n) is 4.74. The van der Waals surface area contributed by atoms with Crippen molar-refractivity contribution in [2.24, 2.45) is 5.92 Å². The van der Waals surface area contributed by atoms with E-state index in [0.717, 1.165) is 25.6 Å². The van der Waals surface area contributed by atoms with Crippen molar-refractivity contribution in [1.29, 1.82) is 0 Å². The van der Waals surface area contributed by atoms with E-state index in [1.807, 2.05) is 23.1 Å². The van der Waals surface area contributed by atoms with Gasteiger partial charge in [-0.05, 0) is 45.0 Å². The van der Waals surface area contributed by atoms with Gasteiger partial charge in [0.05, 0.1) is 6.54 Å². The highest BCUT2D eigenvalue weighted by Crippen LogP contribution is 2.13. The molecule has 0 aliphatic carbocycles. The molecule has 0 amide bonds. The van der Waals surface area contributed by atoms with E-state index in [-0.39, 0.29) is 0 Å². The van der Waals surface area contributed by atoms with Crippen molar-refractivity contribution < 1.29 is 0 Å². The van der Waals surface area contributed by atoms with Crippen LogP contribution in [0.2, 0.25) is 0 Å². The first-order chi connectivity index (χ1) is 7.84. The van der Waals surface area contributed by atoms with E-state index in [0.29, 0.717) is 0 Å². The maximum atomic E-state index is 4.18. The van der Waals surface area contributed by atoms with Crippen LogP contribution < -0.4 is 5.32 Å². The average Bonchev–Trinajstić information content (AvgIpc) is 2.77. The number of likely N-dealkylation sites (tertiary alicyclic amines) is 1. The molecule has 4 nitrogen and oxygen atoms in total. The fraction of sp³-hybridized carbons (Fsp3) is 0.750. The summed E-state index contributed by atoms with van der Waals surface area (Å²) in [5, 5.41) is 7.71. The van der Waals surface area contributed by atoms with Crippen LogP contribution >= 0.6 is 0 Å². The Morgan fingerprint density at radius 2 is 2.44 bits per heavy atom. The molecule has 1 aromatic heterocycles. The highest BCUT2D eigenvalue weighted by atomic mass is 15.3. The van der Waals surface area contributed by atoms with E-state index in [2.05, 4.69) is 22.4 Å². The standard InChI is InChI=1S/C12H22N4/c1-15-7-2-4-12(11-15)10-13-6-9-16-8-3-5-14-16/h3,5,8,12-13H,2,4,6-7,9-11H2,1H3. The first kappa shape index (κ1) is 11.6. The minimum Gasteiger partial charge on any atom is -0.315 e. The number of piperidine rings is 1. The highest BCUT2D eigenvalue weighted by molar-refractivity contribution is 4.78. The number of aromatic nitrogens is 2. The van der Waals surface area contributed by atoms with Gasteiger partial charge in [-0.25, -0.2) is 0 Å². The maximum absolute atomic E-state index is 4.18. The van der Waals surface area contributed by atoms with Gasteiger partial charge in [-0.1, -0.05) is 0 Å². The molecule has 1 atom stereocenters. The SMILES string of the molecule is CN1CCCC(CNCCn2cccn2)C1. The molecule has 4 heteroatoms. The molecule has 2 rings (SSSR count). The van der Waals surface area contributed by atoms with Gasteiger partial charge in [0.25, 0.3) is 0 Å². The summed E-state index contributed by atoms with van der Waals surface area (Å²) in [6.07, 6.45) is 6.56. The quantitative estimate of drug-likeness (QED) is 0.749. The van der Waals surface area contributed by atoms with Crippen molar-refractivity contribution >= 4 is 0 Å². The summed E-state index contributed by atoms with van der Waals surface area (Å²) >= 11 is 0. The molecule has 1 N–H and O–H groups in total. The molecule has 1 fully saturated rings. The third kappa shape index (κ3) is 3.61. The molecule has 1 aliphatic rings. The number of nitrogens with one attached hydrogen (secondary N) is 1. The average molecular weight is 222 g/mol. The molecule has 16 heavy (non-hydrogen) atoms. The summed E-state index contributed by atoms with van der Waals surface area (Å²) in [5.74, 6) is 0.830. The van der Waals surface area contributed by atoms with Crippen molar-refractivity contribution in [3.63, 3.8) is 0 Å². The van der Waals surface area contributed by atoms with Gasteiger partial charge in [-0.3, -0.25) is 4.68 Å². The van der Waals surface area contributed by atoms with E-state index < -0.39 is 0 Å². The van der Waals surface area contributed by atoms with Gasteiger partial charge in [0, 0.05) is 25.5 Å². The van der Waals surface area contributed by atoms with Crippen molar-refractivity contribution in [2.75, 3.05) is 33.2 Å². The molecule has 1 unspecified atom stereocenters. The van der Waals surface area contributed by atoms with Crippen LogP contribution in [0.3, 0.4) is 0 Å². The fourth-order valence-corrected chi connectivity index (χ4v) is 2.37. The van der Waals surface area contributed by atoms with Crippen LogP contribution in [0.5, 0.6) is 0 Å². The van der Waals surface area contributed by atoms with Crippen molar-refractivity contribution in [1.82, 2.24) is 20.0 Å². The maximum Gasteiger partial charge on any atom is 0.0533 e. The van der Waals surface area contributed by atoms with Crippen LogP contribution in [0.15, 0.2) is 18.5 Å². The third-order valence-electron chi connectivity index (χ3n) is 3.23. The zero-order valence-electron chi connectivity index (χ0n) is 10.1. The summed E-state index contributed by atoms with van der Waals surface area (Å²) in [7, 11) is 2.22. The van der Waals surface area contributed by atoms with E-state index in [1.165, 1.54) is 25.9 Å². The Labute approximate surface area is 97.6 Å². The predicted octanol–water partition coefficient (Wildman–Crippen LogP) is 0.814. The molecule has 0 bridgehead atoms. The van der Waals surface area contributed by atoms with E-state index >= 15 is 0 Å². The molecule has 1 aromatic rings. The lowest BCUT2D eigenvalue weighted by Crippen LogP contribution is -2.38. The van der Waals surface area contributed by atoms with Crippen molar-refractivity contribution in [3.05, 3.63) is 18.5 Å². The van der Waals surface area contributed by atoms with Crippen LogP contribution in [0.1, 0.15) is 12.8 Å². The number of hydrogen-bond donors (Lipinski definition) is 1. The summed E-state index contributed by atoms with van der Waals surface area (Å²) in [6.45, 7) is 5.64. The van der Waals surface area contributed by atoms with E-state index in [9.17, 15) is 0 Å². The van der Waals surface area contributed by atoms with Gasteiger partial charge in [-0.2, -0.15) is 5.10 Å². The van der Waals surface area contributed by atoms with Gasteiger partial charge in [-0.15, -0.1) is 0 Å². The Bertz CT molecular complexity index is 283. The summed E-state index contributed by atoms with van der Waals surface area (Å²) in [4.78, 5) is 2.43. The molecule has 90 valence electrons. The van der Waals surface area contributed by atoms with Gasteiger partial charge in [0.15, 0.2) is 0 Å². The lowest BCUT2D eigenvalue weighted by Gasteiger charge is -2.29. The Kier molecular flexibility index (Phi) is 4.36. The summed E-state index contributed by atoms with van der Waals surface area (Å²) < 4.78 is 1.97. The smallest absolute Gasteiger partial charge is 0.0533 e. The van der Waals surface area contributed by atoms with Gasteiger partial charge < -0.3 is 10.2 Å². The highest BCUT2D eigenvalue weighted by Gasteiger charge is 2.16. The Morgan fingerprint density at radius 1 is 1.50 bits per heavy atom. The fourth-order valence-electron chi connectivity index (χ4n) is 2.37. The van der Waals surface area contributed by atoms with Gasteiger partial charge in [0.2, 0.25) is 0 Å². The molecule has 0 aromatic carbocycles. The normalized spacial score (nSPS) is 22.4. The minimum absolute atomic E-state index is 0.830. The molecule has 1 saturated heterocycles. The Hall–Kier alpha value is -0.870. The zero-order chi connectivity index (χ0) is 11.2. The number of rotatable bonds is 5. The molecule has 0 saturated carbocycles. The molecule has 1 aliphatic heterocycles. The second-order valence-corrected chi connectivity index (χ2v) is 4.74. The molecule has 2 heterocycles. The lowest BCUT2D eigenvalue weighted by atomic mass is 9.98. The van der Waals surface area contributed by atoms with E-state index in [4.69, 9.17) is 0 Å². The Morgan fingerprint density at radius 3 is 3.19 bits per heavy atom. The summed E-state index contributed by atoms with van der Waals surface area (Å²) in [6, 6.07) is 1.97. The first-order valence-electron chi connectivity index (χ1n) is 6.21. The molecule has 0 spiro atoms. The summed E-state index contributed by atoms with van der Waals surface area (Å²) in [5.41, 5.74) is 0. The van der Waals surface area contributed by atoms with Crippen LogP contribution in [-0.2, 0) is 6.54 Å². The number of nitrogens with zero attached hydrogens (tertiary/aromatic N) is 3. The lowest BCUT2D eigenvalue weighted by molar-refractivity contribution is 0.206. The Balaban J connectivity index is 1.57. The number of hydrogen-bond acceptors (Lipinski definition) is 3. The van der Waals surface area contributed by atoms with Crippen LogP contribution in [-0.4, -0.2) is 47.9 Å². The van der Waals surface area contributed by atoms with Crippen molar-refractivity contribution in [2.45, 2.75) is 19.4 Å². The zero-order valence-corrected chi connectivity index (χ0v) is 10.1. The largest absolute Gasteiger partial charge is 0.315 e. The monoisotopic (exact) mass is 222 g/mol. The predicted molar refractivity (Wildman–Crippen MR) is 65.3 cm³/mol. The molecule has 0 radical (unpaired) electrons. The second kappa shape index (κ2) is 6.01. The third-order valence-corrected chi connectivity index (χ3v) is 3.23. The topological polar surface area (TPSA) is 33.1 Å². The van der Waals surface area contributed by atoms with Crippen LogP contribution in [0.25, 0.3) is 0 Å². The van der Waals surface area contributed by atoms with E-state index in [1.54, 1.807) is 0 Å². The van der Waals surface area contributed by atoms with Crippen LogP contribution in [0, 0.1) is 5.92 Å². The molecular formula is C12H22N4. The van der Waals surface area contributed by atoms with Gasteiger partial charge >= 0.3 is 0 Å². The van der Waals surface area contributed by atoms with Gasteiger partial charge in [0.1, 0.15) is 0 Å². The minimum atomic E-state index is 0.830.